The third-order valence-corrected chi connectivity index (χ3v) is 4.67. The zero-order valence-electron chi connectivity index (χ0n) is 15.0. The topological polar surface area (TPSA) is 67.6 Å². The van der Waals surface area contributed by atoms with Crippen LogP contribution in [-0.2, 0) is 22.6 Å². The smallest absolute Gasteiger partial charge is 0.222 e. The highest BCUT2D eigenvalue weighted by Crippen LogP contribution is 2.18. The Labute approximate surface area is 145 Å². The fraction of sp³-hybridized carbons (Fsp3) is 0.632. The summed E-state index contributed by atoms with van der Waals surface area (Å²) in [4.78, 5) is 14.4. The van der Waals surface area contributed by atoms with Gasteiger partial charge in [0.25, 0.3) is 0 Å². The van der Waals surface area contributed by atoms with Crippen molar-refractivity contribution in [1.82, 2.24) is 10.2 Å². The van der Waals surface area contributed by atoms with Crippen LogP contribution in [0.25, 0.3) is 0 Å². The number of hydrogen-bond acceptors (Lipinski definition) is 4. The summed E-state index contributed by atoms with van der Waals surface area (Å²) >= 11 is 0. The zero-order chi connectivity index (χ0) is 17.4. The summed E-state index contributed by atoms with van der Waals surface area (Å²) in [6.45, 7) is 6.64. The molecule has 24 heavy (non-hydrogen) atoms. The Morgan fingerprint density at radius 1 is 1.38 bits per heavy atom. The van der Waals surface area contributed by atoms with Crippen LogP contribution >= 0.6 is 0 Å². The molecule has 0 aliphatic carbocycles. The lowest BCUT2D eigenvalue weighted by Crippen LogP contribution is -2.33. The van der Waals surface area contributed by atoms with Crippen LogP contribution in [0.15, 0.2) is 24.3 Å². The predicted molar refractivity (Wildman–Crippen MR) is 96.4 cm³/mol. The maximum absolute atomic E-state index is 11.9. The van der Waals surface area contributed by atoms with Gasteiger partial charge in [-0.25, -0.2) is 0 Å². The minimum Gasteiger partial charge on any atom is -0.380 e. The first kappa shape index (κ1) is 18.9. The molecule has 2 rings (SSSR count). The SMILES string of the molecule is COC(CN)CC(=O)NCc1ccc(CN2CCCC(C)C2)cc1. The number of carbonyl (C=O) groups is 1. The average molecular weight is 333 g/mol. The first-order chi connectivity index (χ1) is 11.6. The average Bonchev–Trinajstić information content (AvgIpc) is 2.59. The van der Waals surface area contributed by atoms with Crippen molar-refractivity contribution in [2.75, 3.05) is 26.7 Å². The van der Waals surface area contributed by atoms with Crippen LogP contribution in [0.4, 0.5) is 0 Å². The molecule has 1 aromatic rings. The van der Waals surface area contributed by atoms with Crippen LogP contribution in [0.3, 0.4) is 0 Å². The Hall–Kier alpha value is -1.43. The summed E-state index contributed by atoms with van der Waals surface area (Å²) < 4.78 is 5.13. The Morgan fingerprint density at radius 3 is 2.71 bits per heavy atom. The normalized spacial score (nSPS) is 19.9. The number of nitrogens with zero attached hydrogens (tertiary/aromatic N) is 1. The van der Waals surface area contributed by atoms with E-state index in [1.165, 1.54) is 31.5 Å². The molecule has 0 saturated carbocycles. The van der Waals surface area contributed by atoms with Gasteiger partial charge in [-0.1, -0.05) is 31.2 Å². The van der Waals surface area contributed by atoms with Gasteiger partial charge in [0.2, 0.25) is 5.91 Å². The molecule has 0 aromatic heterocycles. The van der Waals surface area contributed by atoms with Crippen molar-refractivity contribution in [3.63, 3.8) is 0 Å². The number of nitrogens with two attached hydrogens (primary N) is 1. The van der Waals surface area contributed by atoms with E-state index in [0.29, 0.717) is 19.5 Å². The second-order valence-corrected chi connectivity index (χ2v) is 6.87. The standard InChI is InChI=1S/C19H31N3O2/c1-15-4-3-9-22(13-15)14-17-7-5-16(6-8-17)12-21-19(23)10-18(11-20)24-2/h5-8,15,18H,3-4,9-14,20H2,1-2H3,(H,21,23). The Morgan fingerprint density at radius 2 is 2.08 bits per heavy atom. The van der Waals surface area contributed by atoms with Crippen LogP contribution in [0.1, 0.15) is 37.3 Å². The molecular formula is C19H31N3O2. The van der Waals surface area contributed by atoms with Gasteiger partial charge in [0.1, 0.15) is 0 Å². The number of methoxy groups -OCH3 is 1. The van der Waals surface area contributed by atoms with Crippen molar-refractivity contribution in [1.29, 1.82) is 0 Å². The van der Waals surface area contributed by atoms with Crippen molar-refractivity contribution in [3.8, 4) is 0 Å². The summed E-state index contributed by atoms with van der Waals surface area (Å²) in [6, 6.07) is 8.52. The van der Waals surface area contributed by atoms with E-state index in [9.17, 15) is 4.79 Å². The zero-order valence-corrected chi connectivity index (χ0v) is 15.0. The summed E-state index contributed by atoms with van der Waals surface area (Å²) in [5, 5.41) is 2.92. The number of rotatable bonds is 8. The predicted octanol–water partition coefficient (Wildman–Crippen LogP) is 1.90. The van der Waals surface area contributed by atoms with Gasteiger partial charge in [0.05, 0.1) is 12.5 Å². The molecule has 1 heterocycles. The molecule has 2 unspecified atom stereocenters. The second kappa shape index (κ2) is 9.77. The van der Waals surface area contributed by atoms with E-state index in [2.05, 4.69) is 41.4 Å². The highest BCUT2D eigenvalue weighted by atomic mass is 16.5. The van der Waals surface area contributed by atoms with E-state index in [0.717, 1.165) is 18.0 Å². The Kier molecular flexibility index (Phi) is 7.69. The van der Waals surface area contributed by atoms with Crippen LogP contribution in [-0.4, -0.2) is 43.7 Å². The Balaban J connectivity index is 1.76. The van der Waals surface area contributed by atoms with Gasteiger partial charge in [0, 0.05) is 33.3 Å². The molecule has 5 nitrogen and oxygen atoms in total. The lowest BCUT2D eigenvalue weighted by molar-refractivity contribution is -0.123. The van der Waals surface area contributed by atoms with E-state index < -0.39 is 0 Å². The number of likely N-dealkylation sites (tertiary alicyclic amines) is 1. The van der Waals surface area contributed by atoms with Crippen molar-refractivity contribution in [2.45, 2.75) is 45.4 Å². The summed E-state index contributed by atoms with van der Waals surface area (Å²) in [6.07, 6.45) is 2.75. The van der Waals surface area contributed by atoms with Gasteiger partial charge in [-0.05, 0) is 36.4 Å². The molecule has 5 heteroatoms. The molecule has 1 fully saturated rings. The summed E-state index contributed by atoms with van der Waals surface area (Å²) in [7, 11) is 1.58. The van der Waals surface area contributed by atoms with Gasteiger partial charge >= 0.3 is 0 Å². The molecule has 1 aliphatic heterocycles. The van der Waals surface area contributed by atoms with E-state index in [4.69, 9.17) is 10.5 Å². The molecule has 1 aliphatic rings. The second-order valence-electron chi connectivity index (χ2n) is 6.87. The number of amides is 1. The summed E-state index contributed by atoms with van der Waals surface area (Å²) in [5.41, 5.74) is 7.98. The Bertz CT molecular complexity index is 500. The molecule has 0 spiro atoms. The molecule has 0 radical (unpaired) electrons. The lowest BCUT2D eigenvalue weighted by atomic mass is 9.99. The minimum atomic E-state index is -0.209. The fourth-order valence-electron chi connectivity index (χ4n) is 3.19. The number of hydrogen-bond donors (Lipinski definition) is 2. The number of ether oxygens (including phenoxy) is 1. The highest BCUT2D eigenvalue weighted by molar-refractivity contribution is 5.76. The van der Waals surface area contributed by atoms with Gasteiger partial charge in [-0.15, -0.1) is 0 Å². The molecule has 1 saturated heterocycles. The largest absolute Gasteiger partial charge is 0.380 e. The monoisotopic (exact) mass is 333 g/mol. The van der Waals surface area contributed by atoms with Crippen LogP contribution in [0.5, 0.6) is 0 Å². The van der Waals surface area contributed by atoms with E-state index >= 15 is 0 Å². The number of piperidine rings is 1. The molecule has 3 N–H and O–H groups in total. The van der Waals surface area contributed by atoms with Crippen LogP contribution < -0.4 is 11.1 Å². The molecule has 2 atom stereocenters. The maximum Gasteiger partial charge on any atom is 0.222 e. The first-order valence-corrected chi connectivity index (χ1v) is 8.90. The van der Waals surface area contributed by atoms with Crippen molar-refractivity contribution in [3.05, 3.63) is 35.4 Å². The van der Waals surface area contributed by atoms with E-state index in [1.54, 1.807) is 7.11 Å². The van der Waals surface area contributed by atoms with Gasteiger partial charge in [-0.2, -0.15) is 0 Å². The lowest BCUT2D eigenvalue weighted by Gasteiger charge is -2.30. The van der Waals surface area contributed by atoms with Crippen LogP contribution in [0.2, 0.25) is 0 Å². The van der Waals surface area contributed by atoms with Crippen molar-refractivity contribution >= 4 is 5.91 Å². The molecule has 134 valence electrons. The van der Waals surface area contributed by atoms with Gasteiger partial charge < -0.3 is 15.8 Å². The third-order valence-electron chi connectivity index (χ3n) is 4.67. The van der Waals surface area contributed by atoms with Gasteiger partial charge in [-0.3, -0.25) is 9.69 Å². The number of carbonyl (C=O) groups excluding carboxylic acids is 1. The van der Waals surface area contributed by atoms with Crippen LogP contribution in [0, 0.1) is 5.92 Å². The molecular weight excluding hydrogens is 302 g/mol. The fourth-order valence-corrected chi connectivity index (χ4v) is 3.19. The van der Waals surface area contributed by atoms with E-state index in [1.807, 2.05) is 0 Å². The van der Waals surface area contributed by atoms with Crippen molar-refractivity contribution in [2.24, 2.45) is 11.7 Å². The highest BCUT2D eigenvalue weighted by Gasteiger charge is 2.16. The number of nitrogens with one attached hydrogen (secondary N) is 1. The molecule has 1 amide bonds. The van der Waals surface area contributed by atoms with Crippen molar-refractivity contribution < 1.29 is 9.53 Å². The summed E-state index contributed by atoms with van der Waals surface area (Å²) in [5.74, 6) is 0.774. The first-order valence-electron chi connectivity index (χ1n) is 8.90. The van der Waals surface area contributed by atoms with E-state index in [-0.39, 0.29) is 12.0 Å². The van der Waals surface area contributed by atoms with Gasteiger partial charge in [0.15, 0.2) is 0 Å². The third kappa shape index (κ3) is 6.23. The maximum atomic E-state index is 11.9. The molecule has 1 aromatic carbocycles. The quantitative estimate of drug-likeness (QED) is 0.762. The minimum absolute atomic E-state index is 0.0290. The molecule has 0 bridgehead atoms. The number of benzene rings is 1.